The Hall–Kier alpha value is -1.98. The third kappa shape index (κ3) is 7.51. The number of halogens is 2. The first-order chi connectivity index (χ1) is 15.7. The fourth-order valence-corrected chi connectivity index (χ4v) is 4.41. The molecule has 0 aliphatic carbocycles. The zero-order valence-corrected chi connectivity index (χ0v) is 21.6. The molecule has 0 amide bonds. The molecule has 4 rings (SSSR count). The van der Waals surface area contributed by atoms with Crippen molar-refractivity contribution in [2.24, 2.45) is 4.99 Å². The quantitative estimate of drug-likeness (QED) is 0.305. The molecule has 2 aliphatic rings. The van der Waals surface area contributed by atoms with Gasteiger partial charge in [-0.15, -0.1) is 24.0 Å². The fourth-order valence-electron chi connectivity index (χ4n) is 4.41. The molecule has 2 aromatic rings. The van der Waals surface area contributed by atoms with Gasteiger partial charge in [0.15, 0.2) is 17.6 Å². The number of nitrogens with one attached hydrogen (secondary N) is 2. The smallest absolute Gasteiger partial charge is 0.191 e. The third-order valence-corrected chi connectivity index (χ3v) is 6.23. The SMILES string of the molecule is CN=C(NCCN1CCN(Cc2ccccc2)CC1)NC1CCN(c2ncccc2F)C1.I. The van der Waals surface area contributed by atoms with Gasteiger partial charge in [-0.3, -0.25) is 14.8 Å². The predicted octanol–water partition coefficient (Wildman–Crippen LogP) is 2.40. The molecule has 2 N–H and O–H groups in total. The lowest BCUT2D eigenvalue weighted by molar-refractivity contribution is 0.129. The van der Waals surface area contributed by atoms with Crippen molar-refractivity contribution in [1.29, 1.82) is 0 Å². The van der Waals surface area contributed by atoms with E-state index < -0.39 is 0 Å². The van der Waals surface area contributed by atoms with Crippen molar-refractivity contribution in [2.75, 3.05) is 64.3 Å². The maximum Gasteiger partial charge on any atom is 0.191 e. The summed E-state index contributed by atoms with van der Waals surface area (Å²) in [6.45, 7) is 8.77. The van der Waals surface area contributed by atoms with Crippen molar-refractivity contribution in [3.63, 3.8) is 0 Å². The standard InChI is InChI=1S/C24H34FN7.HI/c1-26-24(29-21-9-12-32(19-21)23-22(25)8-5-10-27-23)28-11-13-30-14-16-31(17-15-30)18-20-6-3-2-4-7-20;/h2-8,10,21H,9,11-19H2,1H3,(H2,26,28,29);1H. The lowest BCUT2D eigenvalue weighted by Crippen LogP contribution is -2.50. The van der Waals surface area contributed by atoms with E-state index >= 15 is 0 Å². The maximum atomic E-state index is 14.0. The van der Waals surface area contributed by atoms with Gasteiger partial charge >= 0.3 is 0 Å². The van der Waals surface area contributed by atoms with E-state index in [0.717, 1.165) is 71.3 Å². The normalized spacial score (nSPS) is 19.9. The van der Waals surface area contributed by atoms with E-state index in [1.54, 1.807) is 19.3 Å². The van der Waals surface area contributed by atoms with Gasteiger partial charge in [-0.05, 0) is 24.1 Å². The molecule has 2 fully saturated rings. The van der Waals surface area contributed by atoms with Crippen LogP contribution in [0.2, 0.25) is 0 Å². The summed E-state index contributed by atoms with van der Waals surface area (Å²) in [7, 11) is 1.79. The van der Waals surface area contributed by atoms with Crippen LogP contribution in [0.15, 0.2) is 53.7 Å². The van der Waals surface area contributed by atoms with Crippen LogP contribution in [0, 0.1) is 5.82 Å². The van der Waals surface area contributed by atoms with Gasteiger partial charge < -0.3 is 15.5 Å². The molecule has 0 radical (unpaired) electrons. The van der Waals surface area contributed by atoms with Gasteiger partial charge in [-0.1, -0.05) is 30.3 Å². The van der Waals surface area contributed by atoms with Crippen LogP contribution in [-0.4, -0.2) is 86.2 Å². The van der Waals surface area contributed by atoms with Gasteiger partial charge in [-0.25, -0.2) is 9.37 Å². The zero-order chi connectivity index (χ0) is 22.2. The van der Waals surface area contributed by atoms with Crippen LogP contribution in [0.25, 0.3) is 0 Å². The van der Waals surface area contributed by atoms with Crippen LogP contribution in [-0.2, 0) is 6.54 Å². The van der Waals surface area contributed by atoms with Crippen LogP contribution >= 0.6 is 24.0 Å². The third-order valence-electron chi connectivity index (χ3n) is 6.23. The summed E-state index contributed by atoms with van der Waals surface area (Å²) in [6.07, 6.45) is 2.57. The molecule has 3 heterocycles. The van der Waals surface area contributed by atoms with E-state index in [1.807, 2.05) is 4.90 Å². The van der Waals surface area contributed by atoms with Gasteiger partial charge in [0.05, 0.1) is 0 Å². The highest BCUT2D eigenvalue weighted by atomic mass is 127. The number of aliphatic imine (C=N–C) groups is 1. The predicted molar refractivity (Wildman–Crippen MR) is 143 cm³/mol. The van der Waals surface area contributed by atoms with E-state index in [4.69, 9.17) is 0 Å². The molecule has 2 aliphatic heterocycles. The number of piperazine rings is 1. The highest BCUT2D eigenvalue weighted by Gasteiger charge is 2.26. The maximum absolute atomic E-state index is 14.0. The lowest BCUT2D eigenvalue weighted by Gasteiger charge is -2.34. The van der Waals surface area contributed by atoms with Crippen LogP contribution in [0.4, 0.5) is 10.2 Å². The lowest BCUT2D eigenvalue weighted by atomic mass is 10.2. The summed E-state index contributed by atoms with van der Waals surface area (Å²) in [6, 6.07) is 14.0. The second-order valence-corrected chi connectivity index (χ2v) is 8.49. The summed E-state index contributed by atoms with van der Waals surface area (Å²) in [5.74, 6) is 0.978. The van der Waals surface area contributed by atoms with Crippen LogP contribution in [0.3, 0.4) is 0 Å². The minimum Gasteiger partial charge on any atom is -0.355 e. The second-order valence-electron chi connectivity index (χ2n) is 8.49. The highest BCUT2D eigenvalue weighted by molar-refractivity contribution is 14.0. The molecule has 9 heteroatoms. The van der Waals surface area contributed by atoms with Crippen molar-refractivity contribution in [3.8, 4) is 0 Å². The van der Waals surface area contributed by atoms with Crippen molar-refractivity contribution in [3.05, 3.63) is 60.0 Å². The van der Waals surface area contributed by atoms with Crippen molar-refractivity contribution < 1.29 is 4.39 Å². The molecular formula is C24H35FIN7. The van der Waals surface area contributed by atoms with Gasteiger partial charge in [0.1, 0.15) is 0 Å². The Morgan fingerprint density at radius 2 is 1.82 bits per heavy atom. The van der Waals surface area contributed by atoms with Crippen LogP contribution < -0.4 is 15.5 Å². The number of guanidine groups is 1. The minimum atomic E-state index is -0.264. The number of anilines is 1. The Morgan fingerprint density at radius 1 is 1.06 bits per heavy atom. The van der Waals surface area contributed by atoms with Gasteiger partial charge in [-0.2, -0.15) is 0 Å². The largest absolute Gasteiger partial charge is 0.355 e. The summed E-state index contributed by atoms with van der Waals surface area (Å²) < 4.78 is 14.0. The minimum absolute atomic E-state index is 0. The average molecular weight is 567 g/mol. The Labute approximate surface area is 213 Å². The van der Waals surface area contributed by atoms with Crippen molar-refractivity contribution in [2.45, 2.75) is 19.0 Å². The van der Waals surface area contributed by atoms with E-state index in [9.17, 15) is 4.39 Å². The summed E-state index contributed by atoms with van der Waals surface area (Å²) in [4.78, 5) is 15.6. The zero-order valence-electron chi connectivity index (χ0n) is 19.3. The molecule has 2 saturated heterocycles. The molecule has 33 heavy (non-hydrogen) atoms. The number of aromatic nitrogens is 1. The Bertz CT molecular complexity index is 874. The molecule has 1 unspecified atom stereocenters. The van der Waals surface area contributed by atoms with E-state index in [1.165, 1.54) is 11.6 Å². The topological polar surface area (TPSA) is 59.0 Å². The molecule has 180 valence electrons. The number of nitrogens with zero attached hydrogens (tertiary/aromatic N) is 5. The average Bonchev–Trinajstić information content (AvgIpc) is 3.29. The van der Waals surface area contributed by atoms with E-state index in [2.05, 4.69) is 60.7 Å². The second kappa shape index (κ2) is 13.0. The molecule has 7 nitrogen and oxygen atoms in total. The number of pyridine rings is 1. The monoisotopic (exact) mass is 567 g/mol. The first kappa shape index (κ1) is 25.6. The molecular weight excluding hydrogens is 532 g/mol. The fraction of sp³-hybridized carbons (Fsp3) is 0.500. The Kier molecular flexibility index (Phi) is 10.1. The van der Waals surface area contributed by atoms with Crippen molar-refractivity contribution >= 4 is 35.8 Å². The van der Waals surface area contributed by atoms with Crippen molar-refractivity contribution in [1.82, 2.24) is 25.4 Å². The molecule has 1 aromatic heterocycles. The number of hydrogen-bond donors (Lipinski definition) is 2. The van der Waals surface area contributed by atoms with E-state index in [-0.39, 0.29) is 35.8 Å². The van der Waals surface area contributed by atoms with Gasteiger partial charge in [0, 0.05) is 78.2 Å². The first-order valence-electron chi connectivity index (χ1n) is 11.5. The van der Waals surface area contributed by atoms with Crippen LogP contribution in [0.5, 0.6) is 0 Å². The van der Waals surface area contributed by atoms with Crippen LogP contribution in [0.1, 0.15) is 12.0 Å². The van der Waals surface area contributed by atoms with E-state index in [0.29, 0.717) is 5.82 Å². The number of hydrogen-bond acceptors (Lipinski definition) is 5. The number of rotatable bonds is 7. The Balaban J connectivity index is 0.00000306. The summed E-state index contributed by atoms with van der Waals surface area (Å²) in [5.41, 5.74) is 1.38. The Morgan fingerprint density at radius 3 is 2.55 bits per heavy atom. The molecule has 0 spiro atoms. The molecule has 0 bridgehead atoms. The summed E-state index contributed by atoms with van der Waals surface area (Å²) >= 11 is 0. The molecule has 0 saturated carbocycles. The molecule has 1 aromatic carbocycles. The summed E-state index contributed by atoms with van der Waals surface area (Å²) in [5, 5.41) is 6.91. The van der Waals surface area contributed by atoms with Gasteiger partial charge in [0.25, 0.3) is 0 Å². The molecule has 1 atom stereocenters. The number of benzene rings is 1. The van der Waals surface area contributed by atoms with Gasteiger partial charge in [0.2, 0.25) is 0 Å². The highest BCUT2D eigenvalue weighted by Crippen LogP contribution is 2.20. The first-order valence-corrected chi connectivity index (χ1v) is 11.5.